The van der Waals surface area contributed by atoms with Gasteiger partial charge in [0, 0.05) is 11.6 Å². The summed E-state index contributed by atoms with van der Waals surface area (Å²) in [4.78, 5) is 11.8. The van der Waals surface area contributed by atoms with Crippen LogP contribution in [0.4, 0.5) is 15.9 Å². The minimum Gasteiger partial charge on any atom is -0.497 e. The molecule has 3 aromatic carbocycles. The number of hydrogen-bond acceptors (Lipinski definition) is 5. The molecule has 1 heterocycles. The third-order valence-electron chi connectivity index (χ3n) is 4.88. The van der Waals surface area contributed by atoms with E-state index in [0.717, 1.165) is 0 Å². The van der Waals surface area contributed by atoms with Crippen LogP contribution in [0.2, 0.25) is 0 Å². The van der Waals surface area contributed by atoms with Gasteiger partial charge in [-0.3, -0.25) is 0 Å². The molecule has 0 atom stereocenters. The van der Waals surface area contributed by atoms with Gasteiger partial charge in [-0.25, -0.2) is 13.9 Å². The van der Waals surface area contributed by atoms with Crippen LogP contribution in [0.25, 0.3) is 16.9 Å². The summed E-state index contributed by atoms with van der Waals surface area (Å²) in [6, 6.07) is 19.8. The maximum atomic E-state index is 13.4. The number of nitrogens with one attached hydrogen (secondary N) is 1. The fourth-order valence-corrected chi connectivity index (χ4v) is 3.29. The molecule has 0 spiro atoms. The Labute approximate surface area is 183 Å². The van der Waals surface area contributed by atoms with Crippen molar-refractivity contribution in [1.82, 2.24) is 9.78 Å². The lowest BCUT2D eigenvalue weighted by Crippen LogP contribution is -2.07. The van der Waals surface area contributed by atoms with Crippen LogP contribution in [-0.2, 0) is 0 Å². The van der Waals surface area contributed by atoms with Gasteiger partial charge in [0.15, 0.2) is 0 Å². The molecule has 0 saturated heterocycles. The van der Waals surface area contributed by atoms with Crippen LogP contribution in [0.3, 0.4) is 0 Å². The Morgan fingerprint density at radius 1 is 1.00 bits per heavy atom. The van der Waals surface area contributed by atoms with Gasteiger partial charge >= 0.3 is 5.97 Å². The van der Waals surface area contributed by atoms with Crippen molar-refractivity contribution >= 4 is 17.5 Å². The van der Waals surface area contributed by atoms with E-state index in [2.05, 4.69) is 10.4 Å². The number of halogens is 1. The molecule has 32 heavy (non-hydrogen) atoms. The van der Waals surface area contributed by atoms with Gasteiger partial charge in [-0.1, -0.05) is 12.1 Å². The highest BCUT2D eigenvalue weighted by atomic mass is 19.1. The third-order valence-corrected chi connectivity index (χ3v) is 4.88. The van der Waals surface area contributed by atoms with Crippen LogP contribution < -0.4 is 14.8 Å². The Morgan fingerprint density at radius 2 is 1.75 bits per heavy atom. The van der Waals surface area contributed by atoms with E-state index in [9.17, 15) is 14.3 Å². The van der Waals surface area contributed by atoms with Crippen molar-refractivity contribution in [3.8, 4) is 28.4 Å². The number of rotatable bonds is 7. The van der Waals surface area contributed by atoms with Crippen molar-refractivity contribution in [3.63, 3.8) is 0 Å². The van der Waals surface area contributed by atoms with Crippen LogP contribution >= 0.6 is 0 Å². The third kappa shape index (κ3) is 4.11. The first-order chi connectivity index (χ1) is 15.5. The molecular formula is C24H20FN3O4. The van der Waals surface area contributed by atoms with Crippen molar-refractivity contribution in [2.24, 2.45) is 0 Å². The molecule has 4 aromatic rings. The molecule has 4 rings (SSSR count). The van der Waals surface area contributed by atoms with E-state index >= 15 is 0 Å². The summed E-state index contributed by atoms with van der Waals surface area (Å²) in [5.74, 6) is 0.0614. The molecule has 0 amide bonds. The fourth-order valence-electron chi connectivity index (χ4n) is 3.29. The number of carboxylic acid groups (broad SMARTS) is 1. The summed E-state index contributed by atoms with van der Waals surface area (Å²) in [5.41, 5.74) is 2.33. The lowest BCUT2D eigenvalue weighted by Gasteiger charge is -2.14. The van der Waals surface area contributed by atoms with Gasteiger partial charge in [0.05, 0.1) is 31.2 Å². The Bertz CT molecular complexity index is 1270. The SMILES string of the molecule is COc1ccc(Nc2cc(-c3ccc(F)cc3)nn2-c2ccccc2OC)c(C(=O)O)c1. The van der Waals surface area contributed by atoms with Gasteiger partial charge in [0.25, 0.3) is 0 Å². The van der Waals surface area contributed by atoms with Gasteiger partial charge in [-0.05, 0) is 54.6 Å². The van der Waals surface area contributed by atoms with E-state index < -0.39 is 5.97 Å². The molecular weight excluding hydrogens is 413 g/mol. The second-order valence-electron chi connectivity index (χ2n) is 6.85. The molecule has 0 radical (unpaired) electrons. The topological polar surface area (TPSA) is 85.6 Å². The fraction of sp³-hybridized carbons (Fsp3) is 0.0833. The van der Waals surface area contributed by atoms with Crippen LogP contribution in [0.1, 0.15) is 10.4 Å². The molecule has 0 unspecified atom stereocenters. The molecule has 0 aliphatic rings. The Balaban J connectivity index is 1.85. The van der Waals surface area contributed by atoms with E-state index in [-0.39, 0.29) is 11.4 Å². The number of aromatic carboxylic acids is 1. The summed E-state index contributed by atoms with van der Waals surface area (Å²) < 4.78 is 25.6. The number of carbonyl (C=O) groups is 1. The molecule has 2 N–H and O–H groups in total. The Kier molecular flexibility index (Phi) is 5.76. The number of hydrogen-bond donors (Lipinski definition) is 2. The number of ether oxygens (including phenoxy) is 2. The minimum absolute atomic E-state index is 0.0421. The van der Waals surface area contributed by atoms with Crippen LogP contribution in [0, 0.1) is 5.82 Å². The first kappa shape index (κ1) is 20.9. The summed E-state index contributed by atoms with van der Waals surface area (Å²) >= 11 is 0. The summed E-state index contributed by atoms with van der Waals surface area (Å²) in [7, 11) is 3.03. The van der Waals surface area contributed by atoms with Gasteiger partial charge < -0.3 is 19.9 Å². The number of aromatic nitrogens is 2. The average molecular weight is 433 g/mol. The largest absolute Gasteiger partial charge is 0.497 e. The summed E-state index contributed by atoms with van der Waals surface area (Å²) in [5, 5.41) is 17.5. The number of methoxy groups -OCH3 is 2. The van der Waals surface area contributed by atoms with Crippen molar-refractivity contribution in [2.45, 2.75) is 0 Å². The molecule has 8 heteroatoms. The maximum Gasteiger partial charge on any atom is 0.337 e. The van der Waals surface area contributed by atoms with Crippen molar-refractivity contribution in [1.29, 1.82) is 0 Å². The number of nitrogens with zero attached hydrogens (tertiary/aromatic N) is 2. The lowest BCUT2D eigenvalue weighted by molar-refractivity contribution is 0.0697. The first-order valence-electron chi connectivity index (χ1n) is 9.68. The number of anilines is 2. The van der Waals surface area contributed by atoms with E-state index in [1.165, 1.54) is 25.3 Å². The highest BCUT2D eigenvalue weighted by Gasteiger charge is 2.18. The summed E-state index contributed by atoms with van der Waals surface area (Å²) in [6.45, 7) is 0. The number of carboxylic acids is 1. The van der Waals surface area contributed by atoms with Gasteiger partial charge in [0.2, 0.25) is 0 Å². The van der Waals surface area contributed by atoms with Gasteiger partial charge in [-0.2, -0.15) is 5.10 Å². The lowest BCUT2D eigenvalue weighted by atomic mass is 10.1. The van der Waals surface area contributed by atoms with Crippen LogP contribution in [-0.4, -0.2) is 35.1 Å². The highest BCUT2D eigenvalue weighted by molar-refractivity contribution is 5.95. The van der Waals surface area contributed by atoms with Crippen molar-refractivity contribution in [2.75, 3.05) is 19.5 Å². The first-order valence-corrected chi connectivity index (χ1v) is 9.68. The molecule has 0 bridgehead atoms. The molecule has 0 aliphatic carbocycles. The quantitative estimate of drug-likeness (QED) is 0.420. The Morgan fingerprint density at radius 3 is 2.44 bits per heavy atom. The molecule has 0 aliphatic heterocycles. The second kappa shape index (κ2) is 8.81. The van der Waals surface area contributed by atoms with Crippen LogP contribution in [0.15, 0.2) is 72.8 Å². The smallest absolute Gasteiger partial charge is 0.337 e. The Hall–Kier alpha value is -4.33. The molecule has 1 aromatic heterocycles. The monoisotopic (exact) mass is 433 g/mol. The normalized spacial score (nSPS) is 10.6. The second-order valence-corrected chi connectivity index (χ2v) is 6.85. The zero-order chi connectivity index (χ0) is 22.7. The number of benzene rings is 3. The molecule has 0 saturated carbocycles. The maximum absolute atomic E-state index is 13.4. The zero-order valence-corrected chi connectivity index (χ0v) is 17.4. The number of para-hydroxylation sites is 2. The highest BCUT2D eigenvalue weighted by Crippen LogP contribution is 2.32. The van der Waals surface area contributed by atoms with E-state index in [0.29, 0.717) is 39.9 Å². The molecule has 7 nitrogen and oxygen atoms in total. The molecule has 162 valence electrons. The molecule has 0 fully saturated rings. The predicted octanol–water partition coefficient (Wildman–Crippen LogP) is 5.14. The van der Waals surface area contributed by atoms with Crippen LogP contribution in [0.5, 0.6) is 11.5 Å². The predicted molar refractivity (Wildman–Crippen MR) is 119 cm³/mol. The average Bonchev–Trinajstić information content (AvgIpc) is 3.23. The van der Waals surface area contributed by atoms with E-state index in [4.69, 9.17) is 9.47 Å². The van der Waals surface area contributed by atoms with Crippen molar-refractivity contribution < 1.29 is 23.8 Å². The van der Waals surface area contributed by atoms with E-state index in [1.807, 2.05) is 18.2 Å². The van der Waals surface area contributed by atoms with Gasteiger partial charge in [-0.15, -0.1) is 0 Å². The summed E-state index contributed by atoms with van der Waals surface area (Å²) in [6.07, 6.45) is 0. The standard InChI is InChI=1S/C24H20FN3O4/c1-31-17-11-12-19(18(13-17)24(29)30)26-23-14-20(15-7-9-16(25)10-8-15)27-28(23)21-5-3-4-6-22(21)32-2/h3-14,26H,1-2H3,(H,29,30). The van der Waals surface area contributed by atoms with Gasteiger partial charge in [0.1, 0.15) is 28.8 Å². The zero-order valence-electron chi connectivity index (χ0n) is 17.4. The minimum atomic E-state index is -1.10. The van der Waals surface area contributed by atoms with E-state index in [1.54, 1.807) is 48.2 Å². The van der Waals surface area contributed by atoms with Crippen molar-refractivity contribution in [3.05, 3.63) is 84.2 Å².